The molecule has 1 amide bonds. The largest absolute Gasteiger partial charge is 0.493 e. The smallest absolute Gasteiger partial charge is 0.221 e. The third-order valence-corrected chi connectivity index (χ3v) is 5.20. The number of aliphatic hydroxyl groups is 1. The molecule has 0 heterocycles. The number of ether oxygens (including phenoxy) is 2. The topological polar surface area (TPSA) is 85.0 Å². The molecule has 0 spiro atoms. The van der Waals surface area contributed by atoms with Crippen LogP contribution in [0.2, 0.25) is 0 Å². The van der Waals surface area contributed by atoms with Gasteiger partial charge in [0, 0.05) is 13.1 Å². The summed E-state index contributed by atoms with van der Waals surface area (Å²) in [5, 5.41) is 9.38. The molecule has 0 aromatic heterocycles. The van der Waals surface area contributed by atoms with Crippen LogP contribution in [-0.4, -0.2) is 55.9 Å². The molecule has 2 aromatic carbocycles. The molecule has 0 radical (unpaired) electrons. The monoisotopic (exact) mass is 414 g/mol. The van der Waals surface area contributed by atoms with Crippen molar-refractivity contribution in [3.05, 3.63) is 58.7 Å². The second-order valence-corrected chi connectivity index (χ2v) is 7.56. The van der Waals surface area contributed by atoms with E-state index in [1.165, 1.54) is 16.7 Å². The number of aryl methyl sites for hydroxylation is 3. The summed E-state index contributed by atoms with van der Waals surface area (Å²) < 4.78 is 11.3. The number of nitrogens with two attached hydrogens (primary N) is 1. The van der Waals surface area contributed by atoms with Gasteiger partial charge in [0.2, 0.25) is 5.91 Å². The van der Waals surface area contributed by atoms with Crippen molar-refractivity contribution in [1.82, 2.24) is 4.90 Å². The molecule has 3 N–H and O–H groups in total. The van der Waals surface area contributed by atoms with E-state index < -0.39 is 0 Å². The highest BCUT2D eigenvalue weighted by molar-refractivity contribution is 5.76. The summed E-state index contributed by atoms with van der Waals surface area (Å²) in [7, 11) is 1.57. The zero-order valence-corrected chi connectivity index (χ0v) is 18.3. The van der Waals surface area contributed by atoms with Crippen LogP contribution in [0.5, 0.6) is 11.5 Å². The van der Waals surface area contributed by atoms with E-state index in [0.29, 0.717) is 31.2 Å². The molecule has 0 saturated carbocycles. The van der Waals surface area contributed by atoms with Gasteiger partial charge in [0.25, 0.3) is 0 Å². The molecule has 0 unspecified atom stereocenters. The van der Waals surface area contributed by atoms with Crippen LogP contribution in [-0.2, 0) is 17.6 Å². The minimum absolute atomic E-state index is 0.120. The van der Waals surface area contributed by atoms with Gasteiger partial charge in [-0.2, -0.15) is 0 Å². The predicted molar refractivity (Wildman–Crippen MR) is 119 cm³/mol. The fourth-order valence-corrected chi connectivity index (χ4v) is 3.37. The van der Waals surface area contributed by atoms with E-state index in [4.69, 9.17) is 15.2 Å². The summed E-state index contributed by atoms with van der Waals surface area (Å²) >= 11 is 0. The molecule has 2 aromatic rings. The maximum atomic E-state index is 11.1. The first kappa shape index (κ1) is 23.7. The summed E-state index contributed by atoms with van der Waals surface area (Å²) in [6.07, 6.45) is 2.20. The van der Waals surface area contributed by atoms with Crippen molar-refractivity contribution in [3.8, 4) is 11.5 Å². The zero-order chi connectivity index (χ0) is 21.9. The Morgan fingerprint density at radius 3 is 2.43 bits per heavy atom. The van der Waals surface area contributed by atoms with E-state index in [0.717, 1.165) is 24.9 Å². The molecular formula is C24H34N2O4. The Kier molecular flexibility index (Phi) is 9.64. The van der Waals surface area contributed by atoms with Gasteiger partial charge in [-0.1, -0.05) is 24.3 Å². The Morgan fingerprint density at radius 2 is 1.77 bits per heavy atom. The average Bonchev–Trinajstić information content (AvgIpc) is 2.71. The van der Waals surface area contributed by atoms with E-state index in [1.54, 1.807) is 19.2 Å². The minimum atomic E-state index is -0.383. The van der Waals surface area contributed by atoms with Crippen molar-refractivity contribution in [1.29, 1.82) is 0 Å². The SMILES string of the molecule is COc1cc(CC(N)=O)ccc1OCCN(CCO)CCCc1ccc(C)c(C)c1. The molecule has 0 fully saturated rings. The van der Waals surface area contributed by atoms with Crippen LogP contribution in [0, 0.1) is 13.8 Å². The molecule has 0 saturated heterocycles. The standard InChI is InChI=1S/C24H34N2O4/c1-18-6-7-20(15-19(18)2)5-4-10-26(11-13-27)12-14-30-22-9-8-21(17-24(25)28)16-23(22)29-3/h6-9,15-16,27H,4-5,10-14,17H2,1-3H3,(H2,25,28). The summed E-state index contributed by atoms with van der Waals surface area (Å²) in [4.78, 5) is 13.3. The number of benzene rings is 2. The molecule has 30 heavy (non-hydrogen) atoms. The first-order chi connectivity index (χ1) is 14.4. The lowest BCUT2D eigenvalue weighted by atomic mass is 10.0. The van der Waals surface area contributed by atoms with E-state index >= 15 is 0 Å². The number of primary amides is 1. The van der Waals surface area contributed by atoms with Crippen molar-refractivity contribution >= 4 is 5.91 Å². The number of nitrogens with zero attached hydrogens (tertiary/aromatic N) is 1. The van der Waals surface area contributed by atoms with Gasteiger partial charge >= 0.3 is 0 Å². The third kappa shape index (κ3) is 7.69. The van der Waals surface area contributed by atoms with Gasteiger partial charge in [0.1, 0.15) is 6.61 Å². The number of methoxy groups -OCH3 is 1. The summed E-state index contributed by atoms with van der Waals surface area (Å²) in [5.74, 6) is 0.827. The van der Waals surface area contributed by atoms with E-state index in [9.17, 15) is 9.90 Å². The maximum absolute atomic E-state index is 11.1. The number of amides is 1. The Hall–Kier alpha value is -2.57. The number of hydrogen-bond donors (Lipinski definition) is 2. The van der Waals surface area contributed by atoms with Gasteiger partial charge in [-0.15, -0.1) is 0 Å². The molecule has 0 atom stereocenters. The molecular weight excluding hydrogens is 380 g/mol. The summed E-state index contributed by atoms with van der Waals surface area (Å²) in [6.45, 7) is 7.09. The Morgan fingerprint density at radius 1 is 1.00 bits per heavy atom. The van der Waals surface area contributed by atoms with Crippen LogP contribution in [0.1, 0.15) is 28.7 Å². The van der Waals surface area contributed by atoms with Gasteiger partial charge in [-0.05, 0) is 67.6 Å². The number of hydrogen-bond acceptors (Lipinski definition) is 5. The van der Waals surface area contributed by atoms with Crippen molar-refractivity contribution in [2.75, 3.05) is 40.0 Å². The molecule has 6 nitrogen and oxygen atoms in total. The zero-order valence-electron chi connectivity index (χ0n) is 18.3. The van der Waals surface area contributed by atoms with Gasteiger partial charge in [-0.3, -0.25) is 9.69 Å². The quantitative estimate of drug-likeness (QED) is 0.526. The average molecular weight is 415 g/mol. The van der Waals surface area contributed by atoms with Crippen LogP contribution in [0.25, 0.3) is 0 Å². The molecule has 0 aliphatic rings. The van der Waals surface area contributed by atoms with E-state index in [-0.39, 0.29) is 18.9 Å². The van der Waals surface area contributed by atoms with Gasteiger partial charge < -0.3 is 20.3 Å². The van der Waals surface area contributed by atoms with Crippen LogP contribution >= 0.6 is 0 Å². The first-order valence-corrected chi connectivity index (χ1v) is 10.4. The van der Waals surface area contributed by atoms with Gasteiger partial charge in [-0.25, -0.2) is 0 Å². The highest BCUT2D eigenvalue weighted by atomic mass is 16.5. The first-order valence-electron chi connectivity index (χ1n) is 10.4. The van der Waals surface area contributed by atoms with E-state index in [1.807, 2.05) is 6.07 Å². The van der Waals surface area contributed by atoms with Crippen LogP contribution in [0.3, 0.4) is 0 Å². The predicted octanol–water partition coefficient (Wildman–Crippen LogP) is 2.65. The lowest BCUT2D eigenvalue weighted by Crippen LogP contribution is -2.32. The van der Waals surface area contributed by atoms with Crippen molar-refractivity contribution in [3.63, 3.8) is 0 Å². The third-order valence-electron chi connectivity index (χ3n) is 5.20. The molecule has 0 aliphatic carbocycles. The van der Waals surface area contributed by atoms with Crippen molar-refractivity contribution < 1.29 is 19.4 Å². The minimum Gasteiger partial charge on any atom is -0.493 e. The van der Waals surface area contributed by atoms with Gasteiger partial charge in [0.05, 0.1) is 20.1 Å². The van der Waals surface area contributed by atoms with Crippen molar-refractivity contribution in [2.45, 2.75) is 33.1 Å². The van der Waals surface area contributed by atoms with Crippen LogP contribution < -0.4 is 15.2 Å². The Bertz CT molecular complexity index is 823. The lowest BCUT2D eigenvalue weighted by molar-refractivity contribution is -0.117. The summed E-state index contributed by atoms with van der Waals surface area (Å²) in [5.41, 5.74) is 10.0. The normalized spacial score (nSPS) is 11.0. The molecule has 6 heteroatoms. The number of carbonyl (C=O) groups is 1. The molecule has 0 bridgehead atoms. The Labute approximate surface area is 179 Å². The second-order valence-electron chi connectivity index (χ2n) is 7.56. The van der Waals surface area contributed by atoms with E-state index in [2.05, 4.69) is 36.9 Å². The molecule has 164 valence electrons. The van der Waals surface area contributed by atoms with Crippen LogP contribution in [0.15, 0.2) is 36.4 Å². The number of carbonyl (C=O) groups excluding carboxylic acids is 1. The van der Waals surface area contributed by atoms with Gasteiger partial charge in [0.15, 0.2) is 11.5 Å². The fraction of sp³-hybridized carbons (Fsp3) is 0.458. The van der Waals surface area contributed by atoms with Crippen LogP contribution in [0.4, 0.5) is 0 Å². The second kappa shape index (κ2) is 12.2. The molecule has 0 aliphatic heterocycles. The number of rotatable bonds is 13. The lowest BCUT2D eigenvalue weighted by Gasteiger charge is -2.22. The Balaban J connectivity index is 1.83. The highest BCUT2D eigenvalue weighted by Crippen LogP contribution is 2.28. The highest BCUT2D eigenvalue weighted by Gasteiger charge is 2.10. The van der Waals surface area contributed by atoms with Crippen molar-refractivity contribution in [2.24, 2.45) is 5.73 Å². The maximum Gasteiger partial charge on any atom is 0.221 e. The fourth-order valence-electron chi connectivity index (χ4n) is 3.37. The molecule has 2 rings (SSSR count). The summed E-state index contributed by atoms with van der Waals surface area (Å²) in [6, 6.07) is 12.0. The number of aliphatic hydroxyl groups excluding tert-OH is 1.